The summed E-state index contributed by atoms with van der Waals surface area (Å²) in [6.07, 6.45) is 4.49. The van der Waals surface area contributed by atoms with E-state index in [1.807, 2.05) is 6.26 Å². The second-order valence-electron chi connectivity index (χ2n) is 4.98. The molecule has 118 valence electrons. The molecule has 8 heteroatoms. The van der Waals surface area contributed by atoms with Crippen molar-refractivity contribution >= 4 is 21.8 Å². The van der Waals surface area contributed by atoms with Crippen LogP contribution in [0.25, 0.3) is 0 Å². The molecule has 1 aromatic rings. The summed E-state index contributed by atoms with van der Waals surface area (Å²) in [5.74, 6) is -1.94. The first kappa shape index (κ1) is 16.7. The normalized spacial score (nSPS) is 22.7. The van der Waals surface area contributed by atoms with Crippen LogP contribution in [0, 0.1) is 11.6 Å². The maximum absolute atomic E-state index is 14.1. The van der Waals surface area contributed by atoms with Crippen LogP contribution in [0.2, 0.25) is 0 Å². The third-order valence-corrected chi connectivity index (χ3v) is 6.38. The summed E-state index contributed by atoms with van der Waals surface area (Å²) >= 11 is 1.59. The van der Waals surface area contributed by atoms with Gasteiger partial charge >= 0.3 is 0 Å². The van der Waals surface area contributed by atoms with Crippen molar-refractivity contribution in [1.82, 2.24) is 4.72 Å². The number of sulfonamides is 1. The molecule has 21 heavy (non-hydrogen) atoms. The first-order chi connectivity index (χ1) is 9.90. The van der Waals surface area contributed by atoms with E-state index >= 15 is 0 Å². The van der Waals surface area contributed by atoms with Crippen LogP contribution in [0.1, 0.15) is 24.8 Å². The first-order valence-electron chi connectivity index (χ1n) is 6.62. The topological polar surface area (TPSA) is 72.2 Å². The summed E-state index contributed by atoms with van der Waals surface area (Å²) in [6.45, 7) is -0.391. The molecular formula is C13H18F2N2O2S2. The molecule has 0 spiro atoms. The van der Waals surface area contributed by atoms with Crippen molar-refractivity contribution in [1.29, 1.82) is 0 Å². The third kappa shape index (κ3) is 3.39. The minimum atomic E-state index is -4.03. The van der Waals surface area contributed by atoms with Crippen LogP contribution < -0.4 is 10.5 Å². The van der Waals surface area contributed by atoms with Crippen LogP contribution in [0.5, 0.6) is 0 Å². The van der Waals surface area contributed by atoms with E-state index in [9.17, 15) is 17.2 Å². The number of nitrogens with two attached hydrogens (primary N) is 1. The lowest BCUT2D eigenvalue weighted by molar-refractivity contribution is 0.518. The van der Waals surface area contributed by atoms with E-state index < -0.39 is 38.7 Å². The Labute approximate surface area is 127 Å². The van der Waals surface area contributed by atoms with Gasteiger partial charge in [-0.1, -0.05) is 6.42 Å². The van der Waals surface area contributed by atoms with Crippen molar-refractivity contribution in [3.05, 3.63) is 29.3 Å². The van der Waals surface area contributed by atoms with Crippen LogP contribution in [-0.2, 0) is 16.6 Å². The second-order valence-corrected chi connectivity index (χ2v) is 7.73. The smallest absolute Gasteiger partial charge is 0.243 e. The number of halogens is 2. The van der Waals surface area contributed by atoms with Gasteiger partial charge in [-0.15, -0.1) is 0 Å². The molecule has 1 aliphatic rings. The third-order valence-electron chi connectivity index (χ3n) is 3.71. The van der Waals surface area contributed by atoms with Crippen LogP contribution in [-0.4, -0.2) is 26.0 Å². The van der Waals surface area contributed by atoms with E-state index in [1.165, 1.54) is 0 Å². The van der Waals surface area contributed by atoms with Gasteiger partial charge in [-0.25, -0.2) is 21.9 Å². The molecule has 1 aromatic carbocycles. The molecule has 0 amide bonds. The highest BCUT2D eigenvalue weighted by Crippen LogP contribution is 2.30. The first-order valence-corrected chi connectivity index (χ1v) is 9.40. The Morgan fingerprint density at radius 1 is 1.38 bits per heavy atom. The highest BCUT2D eigenvalue weighted by atomic mass is 32.2. The fourth-order valence-corrected chi connectivity index (χ4v) is 5.01. The Balaban J connectivity index is 2.32. The summed E-state index contributed by atoms with van der Waals surface area (Å²) < 4.78 is 54.7. The lowest BCUT2D eigenvalue weighted by Crippen LogP contribution is -2.39. The van der Waals surface area contributed by atoms with E-state index in [0.717, 1.165) is 31.4 Å². The maximum Gasteiger partial charge on any atom is 0.243 e. The van der Waals surface area contributed by atoms with Gasteiger partial charge in [-0.2, -0.15) is 11.8 Å². The fraction of sp³-hybridized carbons (Fsp3) is 0.538. The maximum atomic E-state index is 14.1. The van der Waals surface area contributed by atoms with Gasteiger partial charge in [0.25, 0.3) is 0 Å². The average molecular weight is 336 g/mol. The van der Waals surface area contributed by atoms with Crippen LogP contribution in [0.15, 0.2) is 17.0 Å². The fourth-order valence-electron chi connectivity index (χ4n) is 2.58. The van der Waals surface area contributed by atoms with E-state index in [4.69, 9.17) is 5.73 Å². The molecule has 2 atom stereocenters. The largest absolute Gasteiger partial charge is 0.326 e. The Morgan fingerprint density at radius 3 is 2.71 bits per heavy atom. The van der Waals surface area contributed by atoms with E-state index in [2.05, 4.69) is 4.72 Å². The summed E-state index contributed by atoms with van der Waals surface area (Å²) in [6, 6.07) is 1.64. The van der Waals surface area contributed by atoms with Gasteiger partial charge in [0.1, 0.15) is 10.7 Å². The Hall–Kier alpha value is -0.700. The van der Waals surface area contributed by atoms with Crippen LogP contribution >= 0.6 is 11.8 Å². The van der Waals surface area contributed by atoms with Gasteiger partial charge in [0, 0.05) is 23.4 Å². The van der Waals surface area contributed by atoms with E-state index in [-0.39, 0.29) is 11.3 Å². The van der Waals surface area contributed by atoms with Crippen molar-refractivity contribution in [2.75, 3.05) is 6.26 Å². The molecule has 0 aromatic heterocycles. The summed E-state index contributed by atoms with van der Waals surface area (Å²) in [7, 11) is -4.03. The van der Waals surface area contributed by atoms with Crippen molar-refractivity contribution in [2.24, 2.45) is 5.73 Å². The number of hydrogen-bond acceptors (Lipinski definition) is 4. The number of rotatable bonds is 5. The molecule has 2 rings (SSSR count). The minimum Gasteiger partial charge on any atom is -0.326 e. The highest BCUT2D eigenvalue weighted by molar-refractivity contribution is 7.99. The minimum absolute atomic E-state index is 0.178. The molecule has 4 nitrogen and oxygen atoms in total. The van der Waals surface area contributed by atoms with Gasteiger partial charge in [0.15, 0.2) is 5.82 Å². The molecule has 1 aliphatic carbocycles. The van der Waals surface area contributed by atoms with Crippen molar-refractivity contribution in [3.63, 3.8) is 0 Å². The Kier molecular flexibility index (Phi) is 5.24. The number of nitrogens with one attached hydrogen (secondary N) is 1. The Morgan fingerprint density at radius 2 is 2.10 bits per heavy atom. The van der Waals surface area contributed by atoms with E-state index in [1.54, 1.807) is 11.8 Å². The molecule has 1 saturated carbocycles. The summed E-state index contributed by atoms with van der Waals surface area (Å²) in [5.41, 5.74) is 4.86. The highest BCUT2D eigenvalue weighted by Gasteiger charge is 2.32. The number of thioether (sulfide) groups is 1. The SMILES string of the molecule is CSC1CCCC1NS(=O)(=O)c1ccc(F)c(CN)c1F. The molecular weight excluding hydrogens is 318 g/mol. The standard InChI is InChI=1S/C13H18F2N2O2S2/c1-20-11-4-2-3-10(11)17-21(18,19)12-6-5-9(14)8(7-16)13(12)15/h5-6,10-11,17H,2-4,7,16H2,1H3. The molecule has 2 unspecified atom stereocenters. The second kappa shape index (κ2) is 6.60. The summed E-state index contributed by atoms with van der Waals surface area (Å²) in [4.78, 5) is -0.545. The Bertz CT molecular complexity index is 623. The van der Waals surface area contributed by atoms with Gasteiger partial charge < -0.3 is 5.73 Å². The molecule has 0 radical (unpaired) electrons. The quantitative estimate of drug-likeness (QED) is 0.862. The van der Waals surface area contributed by atoms with Crippen LogP contribution in [0.4, 0.5) is 8.78 Å². The predicted octanol–water partition coefficient (Wildman–Crippen LogP) is 1.99. The average Bonchev–Trinajstić information content (AvgIpc) is 2.85. The van der Waals surface area contributed by atoms with Gasteiger partial charge in [-0.3, -0.25) is 0 Å². The number of benzene rings is 1. The molecule has 3 N–H and O–H groups in total. The van der Waals surface area contributed by atoms with Gasteiger partial charge in [-0.05, 0) is 31.2 Å². The van der Waals surface area contributed by atoms with Crippen molar-refractivity contribution in [3.8, 4) is 0 Å². The van der Waals surface area contributed by atoms with Crippen molar-refractivity contribution < 1.29 is 17.2 Å². The van der Waals surface area contributed by atoms with Crippen LogP contribution in [0.3, 0.4) is 0 Å². The zero-order valence-electron chi connectivity index (χ0n) is 11.6. The zero-order chi connectivity index (χ0) is 15.6. The molecule has 0 heterocycles. The molecule has 0 aliphatic heterocycles. The van der Waals surface area contributed by atoms with Crippen molar-refractivity contribution in [2.45, 2.75) is 42.0 Å². The monoisotopic (exact) mass is 336 g/mol. The predicted molar refractivity (Wildman–Crippen MR) is 79.5 cm³/mol. The van der Waals surface area contributed by atoms with Gasteiger partial charge in [0.05, 0.1) is 0 Å². The van der Waals surface area contributed by atoms with E-state index in [0.29, 0.717) is 0 Å². The molecule has 0 bridgehead atoms. The zero-order valence-corrected chi connectivity index (χ0v) is 13.2. The van der Waals surface area contributed by atoms with Gasteiger partial charge in [0.2, 0.25) is 10.0 Å². The lowest BCUT2D eigenvalue weighted by atomic mass is 10.2. The summed E-state index contributed by atoms with van der Waals surface area (Å²) in [5, 5.41) is 0.178. The molecule has 1 fully saturated rings. The molecule has 0 saturated heterocycles. The number of hydrogen-bond donors (Lipinski definition) is 2. The lowest BCUT2D eigenvalue weighted by Gasteiger charge is -2.19.